The van der Waals surface area contributed by atoms with E-state index < -0.39 is 0 Å². The minimum Gasteiger partial charge on any atom is -0.380 e. The normalized spacial score (nSPS) is 16.9. The quantitative estimate of drug-likeness (QED) is 0.833. The minimum atomic E-state index is 0.722. The molecule has 0 atom stereocenters. The van der Waals surface area contributed by atoms with E-state index in [9.17, 15) is 0 Å². The molecule has 0 spiro atoms. The molecular formula is C16H25NO. The van der Waals surface area contributed by atoms with E-state index in [1.807, 2.05) is 0 Å². The first-order chi connectivity index (χ1) is 8.90. The van der Waals surface area contributed by atoms with Crippen molar-refractivity contribution in [1.29, 1.82) is 0 Å². The Hall–Kier alpha value is -0.860. The molecule has 0 bridgehead atoms. The summed E-state index contributed by atoms with van der Waals surface area (Å²) in [7, 11) is 1.76. The topological polar surface area (TPSA) is 21.3 Å². The summed E-state index contributed by atoms with van der Waals surface area (Å²) >= 11 is 0. The van der Waals surface area contributed by atoms with E-state index in [-0.39, 0.29) is 0 Å². The van der Waals surface area contributed by atoms with Crippen LogP contribution in [-0.2, 0) is 17.8 Å². The molecule has 2 nitrogen and oxygen atoms in total. The average Bonchev–Trinajstić information content (AvgIpc) is 2.42. The van der Waals surface area contributed by atoms with Crippen LogP contribution in [-0.4, -0.2) is 19.7 Å². The Morgan fingerprint density at radius 3 is 2.56 bits per heavy atom. The van der Waals surface area contributed by atoms with Gasteiger partial charge in [-0.25, -0.2) is 0 Å². The highest BCUT2D eigenvalue weighted by molar-refractivity contribution is 5.26. The number of ether oxygens (including phenoxy) is 1. The summed E-state index contributed by atoms with van der Waals surface area (Å²) in [6.45, 7) is 1.81. The lowest BCUT2D eigenvalue weighted by Crippen LogP contribution is -2.32. The van der Waals surface area contributed by atoms with E-state index >= 15 is 0 Å². The van der Waals surface area contributed by atoms with Crippen LogP contribution in [0.15, 0.2) is 24.3 Å². The number of methoxy groups -OCH3 is 1. The van der Waals surface area contributed by atoms with Crippen LogP contribution in [0.3, 0.4) is 0 Å². The van der Waals surface area contributed by atoms with Crippen LogP contribution in [0.5, 0.6) is 0 Å². The SMILES string of the molecule is COCc1ccccc1CCNC1CCCCC1. The molecule has 0 saturated heterocycles. The average molecular weight is 247 g/mol. The summed E-state index contributed by atoms with van der Waals surface area (Å²) in [5.41, 5.74) is 2.74. The highest BCUT2D eigenvalue weighted by Gasteiger charge is 2.12. The molecule has 0 heterocycles. The number of hydrogen-bond donors (Lipinski definition) is 1. The molecule has 1 N–H and O–H groups in total. The Bertz CT molecular complexity index is 345. The predicted octanol–water partition coefficient (Wildman–Crippen LogP) is 3.30. The maximum atomic E-state index is 5.24. The Morgan fingerprint density at radius 2 is 1.83 bits per heavy atom. The van der Waals surface area contributed by atoms with E-state index in [2.05, 4.69) is 29.6 Å². The molecule has 0 aliphatic heterocycles. The lowest BCUT2D eigenvalue weighted by molar-refractivity contribution is 0.184. The summed E-state index contributed by atoms with van der Waals surface area (Å²) < 4.78 is 5.24. The zero-order valence-electron chi connectivity index (χ0n) is 11.5. The monoisotopic (exact) mass is 247 g/mol. The lowest BCUT2D eigenvalue weighted by atomic mass is 9.95. The third-order valence-corrected chi connectivity index (χ3v) is 3.85. The Kier molecular flexibility index (Phi) is 5.69. The minimum absolute atomic E-state index is 0.722. The van der Waals surface area contributed by atoms with Gasteiger partial charge in [-0.1, -0.05) is 43.5 Å². The fourth-order valence-corrected chi connectivity index (χ4v) is 2.82. The van der Waals surface area contributed by atoms with Gasteiger partial charge < -0.3 is 10.1 Å². The van der Waals surface area contributed by atoms with Gasteiger partial charge in [0.25, 0.3) is 0 Å². The van der Waals surface area contributed by atoms with Gasteiger partial charge in [0.1, 0.15) is 0 Å². The summed E-state index contributed by atoms with van der Waals surface area (Å²) in [6, 6.07) is 9.35. The molecule has 2 rings (SSSR count). The smallest absolute Gasteiger partial charge is 0.0715 e. The Labute approximate surface area is 111 Å². The zero-order valence-corrected chi connectivity index (χ0v) is 11.5. The molecule has 1 saturated carbocycles. The van der Waals surface area contributed by atoms with E-state index in [0.29, 0.717) is 0 Å². The summed E-state index contributed by atoms with van der Waals surface area (Å²) in [5.74, 6) is 0. The molecule has 1 aromatic carbocycles. The van der Waals surface area contributed by atoms with Gasteiger partial charge in [-0.05, 0) is 36.9 Å². The van der Waals surface area contributed by atoms with Gasteiger partial charge in [-0.15, -0.1) is 0 Å². The molecule has 2 heteroatoms. The number of hydrogen-bond acceptors (Lipinski definition) is 2. The van der Waals surface area contributed by atoms with Crippen molar-refractivity contribution < 1.29 is 4.74 Å². The maximum absolute atomic E-state index is 5.24. The van der Waals surface area contributed by atoms with Gasteiger partial charge in [-0.3, -0.25) is 0 Å². The second kappa shape index (κ2) is 7.55. The fourth-order valence-electron chi connectivity index (χ4n) is 2.82. The van der Waals surface area contributed by atoms with Crippen molar-refractivity contribution in [2.24, 2.45) is 0 Å². The van der Waals surface area contributed by atoms with E-state index in [1.54, 1.807) is 7.11 Å². The second-order valence-corrected chi connectivity index (χ2v) is 5.24. The van der Waals surface area contributed by atoms with E-state index in [4.69, 9.17) is 4.74 Å². The third-order valence-electron chi connectivity index (χ3n) is 3.85. The molecule has 1 aliphatic carbocycles. The predicted molar refractivity (Wildman–Crippen MR) is 75.7 cm³/mol. The molecular weight excluding hydrogens is 222 g/mol. The van der Waals surface area contributed by atoms with Crippen molar-refractivity contribution in [1.82, 2.24) is 5.32 Å². The molecule has 0 amide bonds. The molecule has 1 aromatic rings. The second-order valence-electron chi connectivity index (χ2n) is 5.24. The first-order valence-corrected chi connectivity index (χ1v) is 7.19. The van der Waals surface area contributed by atoms with Gasteiger partial charge in [0.2, 0.25) is 0 Å². The van der Waals surface area contributed by atoms with Crippen LogP contribution in [0.4, 0.5) is 0 Å². The number of benzene rings is 1. The summed E-state index contributed by atoms with van der Waals surface area (Å²) in [5, 5.41) is 3.70. The molecule has 1 aliphatic rings. The maximum Gasteiger partial charge on any atom is 0.0715 e. The largest absolute Gasteiger partial charge is 0.380 e. The van der Waals surface area contributed by atoms with E-state index in [0.717, 1.165) is 25.6 Å². The van der Waals surface area contributed by atoms with Crippen LogP contribution >= 0.6 is 0 Å². The van der Waals surface area contributed by atoms with Gasteiger partial charge >= 0.3 is 0 Å². The van der Waals surface area contributed by atoms with Crippen molar-refractivity contribution in [3.63, 3.8) is 0 Å². The summed E-state index contributed by atoms with van der Waals surface area (Å²) in [4.78, 5) is 0. The van der Waals surface area contributed by atoms with Crippen LogP contribution in [0.2, 0.25) is 0 Å². The van der Waals surface area contributed by atoms with E-state index in [1.165, 1.54) is 43.2 Å². The molecule has 18 heavy (non-hydrogen) atoms. The number of nitrogens with one attached hydrogen (secondary N) is 1. The van der Waals surface area contributed by atoms with Crippen LogP contribution in [0.1, 0.15) is 43.2 Å². The van der Waals surface area contributed by atoms with Crippen LogP contribution < -0.4 is 5.32 Å². The zero-order chi connectivity index (χ0) is 12.6. The molecule has 0 radical (unpaired) electrons. The van der Waals surface area contributed by atoms with Crippen LogP contribution in [0, 0.1) is 0 Å². The van der Waals surface area contributed by atoms with Crippen molar-refractivity contribution >= 4 is 0 Å². The molecule has 1 fully saturated rings. The lowest BCUT2D eigenvalue weighted by Gasteiger charge is -2.23. The standard InChI is InChI=1S/C16H25NO/c1-18-13-15-8-6-5-7-14(15)11-12-17-16-9-3-2-4-10-16/h5-8,16-17H,2-4,9-13H2,1H3. The Morgan fingerprint density at radius 1 is 1.11 bits per heavy atom. The van der Waals surface area contributed by atoms with Crippen molar-refractivity contribution in [2.75, 3.05) is 13.7 Å². The molecule has 0 aromatic heterocycles. The van der Waals surface area contributed by atoms with Gasteiger partial charge in [0.05, 0.1) is 6.61 Å². The highest BCUT2D eigenvalue weighted by atomic mass is 16.5. The highest BCUT2D eigenvalue weighted by Crippen LogP contribution is 2.17. The number of rotatable bonds is 6. The first-order valence-electron chi connectivity index (χ1n) is 7.19. The van der Waals surface area contributed by atoms with Gasteiger partial charge in [-0.2, -0.15) is 0 Å². The van der Waals surface area contributed by atoms with Crippen molar-refractivity contribution in [3.05, 3.63) is 35.4 Å². The van der Waals surface area contributed by atoms with Crippen molar-refractivity contribution in [3.8, 4) is 0 Å². The molecule has 0 unspecified atom stereocenters. The van der Waals surface area contributed by atoms with Gasteiger partial charge in [0.15, 0.2) is 0 Å². The van der Waals surface area contributed by atoms with Crippen LogP contribution in [0.25, 0.3) is 0 Å². The van der Waals surface area contributed by atoms with Gasteiger partial charge in [0, 0.05) is 13.2 Å². The first kappa shape index (κ1) is 13.6. The third kappa shape index (κ3) is 4.11. The van der Waals surface area contributed by atoms with Crippen molar-refractivity contribution in [2.45, 2.75) is 51.2 Å². The summed E-state index contributed by atoms with van der Waals surface area (Å²) in [6.07, 6.45) is 8.06. The fraction of sp³-hybridized carbons (Fsp3) is 0.625. The Balaban J connectivity index is 1.78. The molecule has 100 valence electrons.